The summed E-state index contributed by atoms with van der Waals surface area (Å²) in [5.41, 5.74) is 7.70. The Hall–Kier alpha value is -1.27. The topological polar surface area (TPSA) is 46.3 Å². The van der Waals surface area contributed by atoms with Crippen LogP contribution in [0.1, 0.15) is 11.1 Å². The van der Waals surface area contributed by atoms with Crippen molar-refractivity contribution in [3.8, 4) is 0 Å². The molecule has 0 heterocycles. The Balaban J connectivity index is 0.000000289. The Morgan fingerprint density at radius 1 is 0.962 bits per heavy atom. The first-order valence-electron chi connectivity index (χ1n) is 7.19. The van der Waals surface area contributed by atoms with Gasteiger partial charge in [0.1, 0.15) is 0 Å². The van der Waals surface area contributed by atoms with E-state index in [2.05, 4.69) is 0 Å². The molecule has 2 aromatic rings. The highest BCUT2D eigenvalue weighted by Gasteiger charge is 2.25. The molecule has 2 rings (SSSR count). The Morgan fingerprint density at radius 2 is 1.42 bits per heavy atom. The molecule has 0 aliphatic heterocycles. The van der Waals surface area contributed by atoms with Crippen molar-refractivity contribution in [2.24, 2.45) is 0 Å². The van der Waals surface area contributed by atoms with E-state index in [4.69, 9.17) is 52.1 Å². The zero-order valence-electron chi connectivity index (χ0n) is 14.1. The van der Waals surface area contributed by atoms with Gasteiger partial charge in [-0.2, -0.15) is 8.78 Å². The average Bonchev–Trinajstić information content (AvgIpc) is 2.59. The fourth-order valence-electron chi connectivity index (χ4n) is 1.88. The van der Waals surface area contributed by atoms with Gasteiger partial charge in [-0.05, 0) is 37.1 Å². The van der Waals surface area contributed by atoms with Crippen molar-refractivity contribution in [3.05, 3.63) is 55.5 Å². The summed E-state index contributed by atoms with van der Waals surface area (Å²) in [5.74, 6) is -1.34. The summed E-state index contributed by atoms with van der Waals surface area (Å²) in [4.78, 5) is 11.9. The zero-order chi connectivity index (χ0) is 20.2. The minimum absolute atomic E-state index is 0.105. The fraction of sp³-hybridized carbons (Fsp3) is 0.235. The first kappa shape index (κ1) is 22.8. The van der Waals surface area contributed by atoms with E-state index in [0.717, 1.165) is 10.5 Å². The lowest BCUT2D eigenvalue weighted by Crippen LogP contribution is -2.32. The molecule has 0 saturated carbocycles. The number of halogens is 6. The summed E-state index contributed by atoms with van der Waals surface area (Å²) < 4.78 is 24.5. The fourth-order valence-corrected chi connectivity index (χ4v) is 2.88. The lowest BCUT2D eigenvalue weighted by molar-refractivity contribution is -0.128. The van der Waals surface area contributed by atoms with Gasteiger partial charge in [0.15, 0.2) is 0 Å². The quantitative estimate of drug-likeness (QED) is 0.544. The molecule has 0 radical (unpaired) electrons. The Kier molecular flexibility index (Phi) is 8.41. The highest BCUT2D eigenvalue weighted by Crippen LogP contribution is 2.35. The molecule has 9 heteroatoms. The molecule has 0 bridgehead atoms. The minimum Gasteiger partial charge on any atom is -0.396 e. The predicted molar refractivity (Wildman–Crippen MR) is 106 cm³/mol. The normalized spacial score (nSPS) is 10.4. The van der Waals surface area contributed by atoms with Gasteiger partial charge < -0.3 is 10.6 Å². The number of nitrogens with two attached hydrogens (primary N) is 1. The van der Waals surface area contributed by atoms with Crippen LogP contribution in [0.25, 0.3) is 0 Å². The highest BCUT2D eigenvalue weighted by atomic mass is 35.5. The van der Waals surface area contributed by atoms with Crippen LogP contribution in [0, 0.1) is 13.8 Å². The molecular formula is C17H16Cl4F2N2O. The number of nitrogen functional groups attached to an aromatic ring is 1. The molecule has 0 aromatic heterocycles. The number of anilines is 2. The van der Waals surface area contributed by atoms with Crippen LogP contribution in [0.5, 0.6) is 0 Å². The summed E-state index contributed by atoms with van der Waals surface area (Å²) in [6.45, 7) is 3.58. The second-order valence-corrected chi connectivity index (χ2v) is 6.89. The maximum Gasteiger partial charge on any atom is 0.316 e. The highest BCUT2D eigenvalue weighted by molar-refractivity contribution is 6.40. The molecule has 0 atom stereocenters. The maximum atomic E-state index is 12.3. The lowest BCUT2D eigenvalue weighted by atomic mass is 10.2. The van der Waals surface area contributed by atoms with E-state index < -0.39 is 12.3 Å². The third-order valence-electron chi connectivity index (χ3n) is 3.43. The van der Waals surface area contributed by atoms with Crippen molar-refractivity contribution in [1.29, 1.82) is 0 Å². The van der Waals surface area contributed by atoms with Crippen LogP contribution in [0.4, 0.5) is 20.2 Å². The third-order valence-corrected chi connectivity index (χ3v) is 5.05. The van der Waals surface area contributed by atoms with Crippen molar-refractivity contribution in [3.63, 3.8) is 0 Å². The van der Waals surface area contributed by atoms with Crippen LogP contribution < -0.4 is 10.6 Å². The lowest BCUT2D eigenvalue weighted by Gasteiger charge is -2.20. The number of nitrogens with zero attached hydrogens (tertiary/aromatic N) is 1. The van der Waals surface area contributed by atoms with Gasteiger partial charge in [-0.15, -0.1) is 0 Å². The van der Waals surface area contributed by atoms with Gasteiger partial charge in [-0.1, -0.05) is 58.5 Å². The van der Waals surface area contributed by atoms with Crippen LogP contribution in [0.2, 0.25) is 20.1 Å². The molecule has 0 fully saturated rings. The van der Waals surface area contributed by atoms with Crippen molar-refractivity contribution >= 4 is 63.7 Å². The van der Waals surface area contributed by atoms with E-state index in [1.165, 1.54) is 13.1 Å². The zero-order valence-corrected chi connectivity index (χ0v) is 17.1. The average molecular weight is 444 g/mol. The number of amides is 1. The summed E-state index contributed by atoms with van der Waals surface area (Å²) in [6.07, 6.45) is -3.09. The van der Waals surface area contributed by atoms with E-state index in [9.17, 15) is 13.6 Å². The number of alkyl halides is 2. The Morgan fingerprint density at radius 3 is 1.88 bits per heavy atom. The summed E-state index contributed by atoms with van der Waals surface area (Å²) in [6, 6.07) is 6.72. The number of benzene rings is 2. The van der Waals surface area contributed by atoms with Crippen LogP contribution >= 0.6 is 46.4 Å². The van der Waals surface area contributed by atoms with Crippen LogP contribution in [-0.2, 0) is 4.79 Å². The molecule has 142 valence electrons. The Labute approximate surface area is 170 Å². The Bertz CT molecular complexity index is 789. The first-order valence-corrected chi connectivity index (χ1v) is 8.70. The number of rotatable bonds is 2. The number of hydrogen-bond acceptors (Lipinski definition) is 2. The van der Waals surface area contributed by atoms with Crippen molar-refractivity contribution in [2.45, 2.75) is 20.3 Å². The summed E-state index contributed by atoms with van der Waals surface area (Å²) >= 11 is 23.2. The van der Waals surface area contributed by atoms with Crippen molar-refractivity contribution < 1.29 is 13.6 Å². The molecule has 0 aliphatic rings. The molecular weight excluding hydrogens is 428 g/mol. The molecule has 3 nitrogen and oxygen atoms in total. The molecule has 1 amide bonds. The molecule has 0 unspecified atom stereocenters. The maximum absolute atomic E-state index is 12.3. The van der Waals surface area contributed by atoms with Crippen LogP contribution in [0.3, 0.4) is 0 Å². The first-order chi connectivity index (χ1) is 12.0. The molecule has 26 heavy (non-hydrogen) atoms. The van der Waals surface area contributed by atoms with E-state index in [1.54, 1.807) is 19.1 Å². The van der Waals surface area contributed by atoms with Crippen molar-refractivity contribution in [2.75, 3.05) is 17.7 Å². The molecule has 0 saturated heterocycles. The molecule has 0 spiro atoms. The largest absolute Gasteiger partial charge is 0.396 e. The monoisotopic (exact) mass is 442 g/mol. The third kappa shape index (κ3) is 5.36. The predicted octanol–water partition coefficient (Wildman–Crippen LogP) is 6.41. The number of carbonyl (C=O) groups excluding carboxylic acids is 1. The van der Waals surface area contributed by atoms with Crippen molar-refractivity contribution in [1.82, 2.24) is 0 Å². The van der Waals surface area contributed by atoms with E-state index in [-0.39, 0.29) is 15.7 Å². The van der Waals surface area contributed by atoms with Gasteiger partial charge in [0.2, 0.25) is 0 Å². The van der Waals surface area contributed by atoms with Gasteiger partial charge in [-0.25, -0.2) is 0 Å². The number of hydrogen-bond donors (Lipinski definition) is 1. The van der Waals surface area contributed by atoms with E-state index in [0.29, 0.717) is 21.3 Å². The summed E-state index contributed by atoms with van der Waals surface area (Å²) in [7, 11) is 1.21. The second kappa shape index (κ2) is 9.60. The van der Waals surface area contributed by atoms with Gasteiger partial charge in [0.25, 0.3) is 5.91 Å². The summed E-state index contributed by atoms with van der Waals surface area (Å²) in [5, 5.41) is 1.42. The van der Waals surface area contributed by atoms with Gasteiger partial charge in [0.05, 0.1) is 31.5 Å². The smallest absolute Gasteiger partial charge is 0.316 e. The van der Waals surface area contributed by atoms with E-state index >= 15 is 0 Å². The van der Waals surface area contributed by atoms with Gasteiger partial charge >= 0.3 is 6.43 Å². The standard InChI is InChI=1S/C10H9Cl2F2NO.C7H7Cl2N/c1-5-3-4-6(11)8(7(5)12)15(2)10(16)9(13)14;1-4-2-3-5(8)7(10)6(4)9/h3-4,9H,1-2H3;2-3H,10H2,1H3. The molecule has 2 N–H and O–H groups in total. The minimum atomic E-state index is -3.09. The number of carbonyl (C=O) groups is 1. The van der Waals surface area contributed by atoms with Crippen LogP contribution in [0.15, 0.2) is 24.3 Å². The second-order valence-electron chi connectivity index (χ2n) is 5.32. The van der Waals surface area contributed by atoms with Gasteiger partial charge in [-0.3, -0.25) is 4.79 Å². The molecule has 2 aromatic carbocycles. The molecule has 0 aliphatic carbocycles. The van der Waals surface area contributed by atoms with Gasteiger partial charge in [0, 0.05) is 7.05 Å². The van der Waals surface area contributed by atoms with Crippen LogP contribution in [-0.4, -0.2) is 19.4 Å². The SMILES string of the molecule is Cc1ccc(Cl)c(N(C)C(=O)C(F)F)c1Cl.Cc1ccc(Cl)c(N)c1Cl. The number of aryl methyl sites for hydroxylation is 2. The van der Waals surface area contributed by atoms with E-state index in [1.807, 2.05) is 13.0 Å².